The number of hydrogen-bond donors (Lipinski definition) is 1. The van der Waals surface area contributed by atoms with Crippen molar-refractivity contribution in [2.75, 3.05) is 0 Å². The Morgan fingerprint density at radius 3 is 2.66 bits per heavy atom. The highest BCUT2D eigenvalue weighted by atomic mass is 127. The molecule has 2 heterocycles. The predicted molar refractivity (Wildman–Crippen MR) is 117 cm³/mol. The van der Waals surface area contributed by atoms with Crippen LogP contribution >= 0.6 is 34.2 Å². The smallest absolute Gasteiger partial charge is 0.411 e. The number of ether oxygens (including phenoxy) is 1. The lowest BCUT2D eigenvalue weighted by Gasteiger charge is -2.30. The number of aromatic nitrogens is 1. The zero-order valence-corrected chi connectivity index (χ0v) is 19.9. The molecule has 2 amide bonds. The van der Waals surface area contributed by atoms with Gasteiger partial charge in [-0.25, -0.2) is 14.2 Å². The molecule has 29 heavy (non-hydrogen) atoms. The van der Waals surface area contributed by atoms with E-state index < -0.39 is 35.9 Å². The molecule has 1 N–H and O–H groups in total. The first kappa shape index (κ1) is 22.5. The summed E-state index contributed by atoms with van der Waals surface area (Å²) in [4.78, 5) is 31.0. The molecule has 1 aliphatic heterocycles. The maximum atomic E-state index is 14.3. The Labute approximate surface area is 189 Å². The van der Waals surface area contributed by atoms with Crippen LogP contribution in [0.3, 0.4) is 0 Å². The molecule has 1 saturated carbocycles. The number of nitrogens with one attached hydrogen (secondary N) is 1. The van der Waals surface area contributed by atoms with Gasteiger partial charge in [-0.05, 0) is 74.8 Å². The molecule has 2 fully saturated rings. The SMILES string of the molecule is C[C@H]1[C@H](F)C[C@@H](C(=O)NCc2cc(Cl)nc(C3CC3)c2I)N1C(=O)OC(C)(C)C. The second kappa shape index (κ2) is 8.53. The molecule has 1 saturated heterocycles. The largest absolute Gasteiger partial charge is 0.444 e. The van der Waals surface area contributed by atoms with Crippen molar-refractivity contribution in [3.63, 3.8) is 0 Å². The third-order valence-electron chi connectivity index (χ3n) is 5.10. The van der Waals surface area contributed by atoms with Crippen molar-refractivity contribution in [2.24, 2.45) is 0 Å². The van der Waals surface area contributed by atoms with Crippen LogP contribution in [0.2, 0.25) is 5.15 Å². The third kappa shape index (κ3) is 5.31. The summed E-state index contributed by atoms with van der Waals surface area (Å²) in [5, 5.41) is 3.23. The number of alkyl halides is 1. The van der Waals surface area contributed by atoms with Crippen LogP contribution in [0.25, 0.3) is 0 Å². The average molecular weight is 538 g/mol. The molecule has 9 heteroatoms. The van der Waals surface area contributed by atoms with Crippen LogP contribution in [0.15, 0.2) is 6.07 Å². The van der Waals surface area contributed by atoms with Gasteiger partial charge in [0, 0.05) is 22.5 Å². The number of halogens is 3. The van der Waals surface area contributed by atoms with E-state index >= 15 is 0 Å². The van der Waals surface area contributed by atoms with Gasteiger partial charge >= 0.3 is 6.09 Å². The van der Waals surface area contributed by atoms with Gasteiger partial charge in [0.2, 0.25) is 5.91 Å². The molecule has 0 unspecified atom stereocenters. The Morgan fingerprint density at radius 2 is 2.07 bits per heavy atom. The molecule has 1 aromatic heterocycles. The minimum atomic E-state index is -1.28. The molecular formula is C20H26ClFIN3O3. The molecule has 160 valence electrons. The fourth-order valence-corrected chi connectivity index (χ4v) is 4.58. The number of carbonyl (C=O) groups is 2. The number of hydrogen-bond acceptors (Lipinski definition) is 4. The van der Waals surface area contributed by atoms with Gasteiger partial charge in [-0.1, -0.05) is 11.6 Å². The van der Waals surface area contributed by atoms with Crippen molar-refractivity contribution in [3.8, 4) is 0 Å². The molecule has 0 bridgehead atoms. The molecule has 3 rings (SSSR count). The summed E-state index contributed by atoms with van der Waals surface area (Å²) < 4.78 is 20.7. The maximum absolute atomic E-state index is 14.3. The first-order chi connectivity index (χ1) is 13.5. The van der Waals surface area contributed by atoms with E-state index in [1.807, 2.05) is 0 Å². The van der Waals surface area contributed by atoms with Gasteiger partial charge in [-0.2, -0.15) is 0 Å². The summed E-state index contributed by atoms with van der Waals surface area (Å²) in [5.41, 5.74) is 1.11. The van der Waals surface area contributed by atoms with Crippen LogP contribution < -0.4 is 5.32 Å². The van der Waals surface area contributed by atoms with Gasteiger partial charge < -0.3 is 10.1 Å². The minimum absolute atomic E-state index is 0.0479. The molecule has 0 spiro atoms. The van der Waals surface area contributed by atoms with Crippen molar-refractivity contribution in [1.82, 2.24) is 15.2 Å². The van der Waals surface area contributed by atoms with Gasteiger partial charge in [0.1, 0.15) is 23.0 Å². The second-order valence-corrected chi connectivity index (χ2v) is 10.2. The van der Waals surface area contributed by atoms with E-state index in [0.29, 0.717) is 11.1 Å². The van der Waals surface area contributed by atoms with E-state index in [9.17, 15) is 14.0 Å². The quantitative estimate of drug-likeness (QED) is 0.451. The Balaban J connectivity index is 1.72. The number of pyridine rings is 1. The van der Waals surface area contributed by atoms with Crippen LogP contribution in [0.4, 0.5) is 9.18 Å². The van der Waals surface area contributed by atoms with Crippen molar-refractivity contribution in [1.29, 1.82) is 0 Å². The zero-order valence-electron chi connectivity index (χ0n) is 17.0. The summed E-state index contributed by atoms with van der Waals surface area (Å²) in [6, 6.07) is 0.0985. The lowest BCUT2D eigenvalue weighted by molar-refractivity contribution is -0.126. The van der Waals surface area contributed by atoms with Crippen LogP contribution in [0.1, 0.15) is 64.1 Å². The summed E-state index contributed by atoms with van der Waals surface area (Å²) in [6.07, 6.45) is 0.182. The number of likely N-dealkylation sites (tertiary alicyclic amines) is 1. The average Bonchev–Trinajstić information content (AvgIpc) is 3.39. The highest BCUT2D eigenvalue weighted by molar-refractivity contribution is 14.1. The summed E-state index contributed by atoms with van der Waals surface area (Å²) in [6.45, 7) is 7.04. The molecule has 6 nitrogen and oxygen atoms in total. The molecular weight excluding hydrogens is 512 g/mol. The normalized spacial score (nSPS) is 24.5. The Morgan fingerprint density at radius 1 is 1.41 bits per heavy atom. The number of nitrogens with zero attached hydrogens (tertiary/aromatic N) is 2. The van der Waals surface area contributed by atoms with Gasteiger partial charge in [-0.3, -0.25) is 9.69 Å². The highest BCUT2D eigenvalue weighted by Crippen LogP contribution is 2.42. The second-order valence-electron chi connectivity index (χ2n) is 8.69. The number of amides is 2. The minimum Gasteiger partial charge on any atom is -0.444 e. The fraction of sp³-hybridized carbons (Fsp3) is 0.650. The van der Waals surface area contributed by atoms with Crippen LogP contribution in [-0.2, 0) is 16.1 Å². The molecule has 1 aromatic rings. The molecule has 3 atom stereocenters. The van der Waals surface area contributed by atoms with E-state index in [1.54, 1.807) is 33.8 Å². The van der Waals surface area contributed by atoms with Gasteiger partial charge in [-0.15, -0.1) is 0 Å². The lowest BCUT2D eigenvalue weighted by Crippen LogP contribution is -2.50. The van der Waals surface area contributed by atoms with E-state index in [4.69, 9.17) is 16.3 Å². The maximum Gasteiger partial charge on any atom is 0.411 e. The summed E-state index contributed by atoms with van der Waals surface area (Å²) in [7, 11) is 0. The number of rotatable bonds is 4. The third-order valence-corrected chi connectivity index (χ3v) is 6.54. The van der Waals surface area contributed by atoms with E-state index in [0.717, 1.165) is 27.7 Å². The van der Waals surface area contributed by atoms with Gasteiger partial charge in [0.15, 0.2) is 0 Å². The Bertz CT molecular complexity index is 813. The first-order valence-electron chi connectivity index (χ1n) is 9.76. The Kier molecular flexibility index (Phi) is 6.62. The standard InChI is InChI=1S/C20H26ClFIN3O3/c1-10-13(22)8-14(26(10)19(28)29-20(2,3)4)18(27)24-9-12-7-15(21)25-17(16(12)23)11-5-6-11/h7,10-11,13-14H,5-6,8-9H2,1-4H3,(H,24,27)/t10-,13+,14-/m0/s1. The van der Waals surface area contributed by atoms with Crippen molar-refractivity contribution in [3.05, 3.63) is 26.0 Å². The highest BCUT2D eigenvalue weighted by Gasteiger charge is 2.46. The Hall–Kier alpha value is -1.16. The fourth-order valence-electron chi connectivity index (χ4n) is 3.45. The lowest BCUT2D eigenvalue weighted by atomic mass is 10.1. The van der Waals surface area contributed by atoms with Crippen molar-refractivity contribution < 1.29 is 18.7 Å². The van der Waals surface area contributed by atoms with E-state index in [2.05, 4.69) is 32.9 Å². The van der Waals surface area contributed by atoms with Crippen molar-refractivity contribution in [2.45, 2.75) is 83.3 Å². The van der Waals surface area contributed by atoms with Crippen molar-refractivity contribution >= 4 is 46.2 Å². The molecule has 1 aliphatic carbocycles. The number of carbonyl (C=O) groups excluding carboxylic acids is 2. The molecule has 0 radical (unpaired) electrons. The van der Waals surface area contributed by atoms with E-state index in [-0.39, 0.29) is 13.0 Å². The summed E-state index contributed by atoms with van der Waals surface area (Å²) >= 11 is 8.38. The van der Waals surface area contributed by atoms with Crippen LogP contribution in [0.5, 0.6) is 0 Å². The molecule has 2 aliphatic rings. The predicted octanol–water partition coefficient (Wildman–Crippen LogP) is 4.57. The first-order valence-corrected chi connectivity index (χ1v) is 11.2. The monoisotopic (exact) mass is 537 g/mol. The van der Waals surface area contributed by atoms with Crippen LogP contribution in [-0.4, -0.2) is 45.7 Å². The van der Waals surface area contributed by atoms with Gasteiger partial charge in [0.25, 0.3) is 0 Å². The zero-order chi connectivity index (χ0) is 21.5. The topological polar surface area (TPSA) is 71.5 Å². The van der Waals surface area contributed by atoms with E-state index in [1.165, 1.54) is 4.90 Å². The molecule has 0 aromatic carbocycles. The van der Waals surface area contributed by atoms with Crippen LogP contribution in [0, 0.1) is 3.57 Å². The van der Waals surface area contributed by atoms with Gasteiger partial charge in [0.05, 0.1) is 11.7 Å². The summed E-state index contributed by atoms with van der Waals surface area (Å²) in [5.74, 6) is 0.0280.